The number of hydrogen-bond donors (Lipinski definition) is 1. The molecule has 6 heteroatoms. The number of nitrogens with one attached hydrogen (secondary N) is 1. The van der Waals surface area contributed by atoms with E-state index in [1.54, 1.807) is 24.0 Å². The summed E-state index contributed by atoms with van der Waals surface area (Å²) < 4.78 is 0. The first-order chi connectivity index (χ1) is 9.43. The van der Waals surface area contributed by atoms with E-state index in [4.69, 9.17) is 0 Å². The van der Waals surface area contributed by atoms with Gasteiger partial charge in [-0.05, 0) is 26.8 Å². The zero-order valence-corrected chi connectivity index (χ0v) is 11.9. The molecule has 1 heterocycles. The summed E-state index contributed by atoms with van der Waals surface area (Å²) in [6, 6.07) is 4.92. The second kappa shape index (κ2) is 5.58. The Morgan fingerprint density at radius 2 is 1.95 bits per heavy atom. The number of para-hydroxylation sites is 1. The Morgan fingerprint density at radius 3 is 2.50 bits per heavy atom. The summed E-state index contributed by atoms with van der Waals surface area (Å²) in [6.07, 6.45) is 0. The van der Waals surface area contributed by atoms with Gasteiger partial charge in [-0.15, -0.1) is 0 Å². The number of aryl methyl sites for hydroxylation is 1. The van der Waals surface area contributed by atoms with Gasteiger partial charge in [0.25, 0.3) is 11.6 Å². The van der Waals surface area contributed by atoms with Crippen LogP contribution in [0.3, 0.4) is 0 Å². The van der Waals surface area contributed by atoms with E-state index in [9.17, 15) is 14.9 Å². The lowest BCUT2D eigenvalue weighted by Gasteiger charge is -2.39. The predicted octanol–water partition coefficient (Wildman–Crippen LogP) is 1.73. The van der Waals surface area contributed by atoms with Crippen molar-refractivity contribution in [2.75, 3.05) is 13.1 Å². The van der Waals surface area contributed by atoms with Crippen molar-refractivity contribution >= 4 is 11.6 Å². The van der Waals surface area contributed by atoms with Gasteiger partial charge in [0.1, 0.15) is 5.56 Å². The van der Waals surface area contributed by atoms with Crippen LogP contribution in [0.25, 0.3) is 0 Å². The topological polar surface area (TPSA) is 75.5 Å². The first kappa shape index (κ1) is 14.5. The molecule has 1 N–H and O–H groups in total. The van der Waals surface area contributed by atoms with E-state index in [-0.39, 0.29) is 29.2 Å². The third-order valence-corrected chi connectivity index (χ3v) is 3.71. The van der Waals surface area contributed by atoms with Gasteiger partial charge in [-0.25, -0.2) is 0 Å². The molecule has 0 bridgehead atoms. The molecule has 6 nitrogen and oxygen atoms in total. The number of carbonyl (C=O) groups excluding carboxylic acids is 1. The molecule has 1 saturated heterocycles. The molecular weight excluding hydrogens is 258 g/mol. The number of nitro benzene ring substituents is 1. The smallest absolute Gasteiger partial charge is 0.285 e. The summed E-state index contributed by atoms with van der Waals surface area (Å²) in [6.45, 7) is 6.95. The van der Waals surface area contributed by atoms with Crippen molar-refractivity contribution in [2.45, 2.75) is 32.9 Å². The molecule has 0 aromatic heterocycles. The SMILES string of the molecule is Cc1cccc(C(=O)N2C(C)CNCC2C)c1[N+](=O)[O-]. The van der Waals surface area contributed by atoms with Crippen LogP contribution in [0.4, 0.5) is 5.69 Å². The van der Waals surface area contributed by atoms with Crippen molar-refractivity contribution in [1.29, 1.82) is 0 Å². The van der Waals surface area contributed by atoms with Crippen LogP contribution in [0.2, 0.25) is 0 Å². The fraction of sp³-hybridized carbons (Fsp3) is 0.500. The summed E-state index contributed by atoms with van der Waals surface area (Å²) in [5.74, 6) is -0.262. The first-order valence-corrected chi connectivity index (χ1v) is 6.71. The number of nitro groups is 1. The fourth-order valence-electron chi connectivity index (χ4n) is 2.75. The van der Waals surface area contributed by atoms with Crippen LogP contribution >= 0.6 is 0 Å². The van der Waals surface area contributed by atoms with Crippen LogP contribution in [0.5, 0.6) is 0 Å². The van der Waals surface area contributed by atoms with Gasteiger partial charge < -0.3 is 10.2 Å². The van der Waals surface area contributed by atoms with E-state index in [1.807, 2.05) is 13.8 Å². The molecule has 1 amide bonds. The van der Waals surface area contributed by atoms with E-state index < -0.39 is 4.92 Å². The molecule has 1 aliphatic heterocycles. The van der Waals surface area contributed by atoms with Crippen molar-refractivity contribution in [1.82, 2.24) is 10.2 Å². The lowest BCUT2D eigenvalue weighted by atomic mass is 10.0. The Labute approximate surface area is 117 Å². The molecule has 1 aromatic carbocycles. The number of nitrogens with zero attached hydrogens (tertiary/aromatic N) is 2. The molecule has 1 fully saturated rings. The zero-order valence-electron chi connectivity index (χ0n) is 11.9. The second-order valence-electron chi connectivity index (χ2n) is 5.30. The maximum Gasteiger partial charge on any atom is 0.285 e. The maximum atomic E-state index is 12.7. The summed E-state index contributed by atoms with van der Waals surface area (Å²) in [4.78, 5) is 25.2. The molecule has 2 rings (SSSR count). The van der Waals surface area contributed by atoms with Crippen molar-refractivity contribution < 1.29 is 9.72 Å². The van der Waals surface area contributed by atoms with Crippen LogP contribution in [0, 0.1) is 17.0 Å². The number of amides is 1. The summed E-state index contributed by atoms with van der Waals surface area (Å²) >= 11 is 0. The van der Waals surface area contributed by atoms with Gasteiger partial charge in [-0.1, -0.05) is 12.1 Å². The minimum absolute atomic E-state index is 0.0198. The highest BCUT2D eigenvalue weighted by Gasteiger charge is 2.33. The Morgan fingerprint density at radius 1 is 1.35 bits per heavy atom. The van der Waals surface area contributed by atoms with E-state index in [2.05, 4.69) is 5.32 Å². The molecule has 2 unspecified atom stereocenters. The Balaban J connectivity index is 2.43. The molecule has 0 radical (unpaired) electrons. The van der Waals surface area contributed by atoms with Crippen LogP contribution in [-0.2, 0) is 0 Å². The highest BCUT2D eigenvalue weighted by molar-refractivity contribution is 5.99. The predicted molar refractivity (Wildman–Crippen MR) is 75.8 cm³/mol. The van der Waals surface area contributed by atoms with Crippen molar-refractivity contribution in [3.63, 3.8) is 0 Å². The van der Waals surface area contributed by atoms with Crippen molar-refractivity contribution in [3.8, 4) is 0 Å². The average molecular weight is 277 g/mol. The normalized spacial score (nSPS) is 22.6. The van der Waals surface area contributed by atoms with E-state index in [0.29, 0.717) is 18.7 Å². The number of benzene rings is 1. The molecule has 0 saturated carbocycles. The second-order valence-corrected chi connectivity index (χ2v) is 5.30. The molecule has 0 aliphatic carbocycles. The standard InChI is InChI=1S/C14H19N3O3/c1-9-5-4-6-12(13(9)17(19)20)14(18)16-10(2)7-15-8-11(16)3/h4-6,10-11,15H,7-8H2,1-3H3. The molecular formula is C14H19N3O3. The summed E-state index contributed by atoms with van der Waals surface area (Å²) in [7, 11) is 0. The van der Waals surface area contributed by atoms with Crippen LogP contribution in [-0.4, -0.2) is 40.9 Å². The van der Waals surface area contributed by atoms with Gasteiger partial charge in [0.05, 0.1) is 4.92 Å². The monoisotopic (exact) mass is 277 g/mol. The van der Waals surface area contributed by atoms with E-state index >= 15 is 0 Å². The number of carbonyl (C=O) groups is 1. The highest BCUT2D eigenvalue weighted by atomic mass is 16.6. The van der Waals surface area contributed by atoms with Crippen molar-refractivity contribution in [2.24, 2.45) is 0 Å². The van der Waals surface area contributed by atoms with Crippen molar-refractivity contribution in [3.05, 3.63) is 39.4 Å². The highest BCUT2D eigenvalue weighted by Crippen LogP contribution is 2.26. The lowest BCUT2D eigenvalue weighted by molar-refractivity contribution is -0.385. The van der Waals surface area contributed by atoms with Gasteiger partial charge in [-0.3, -0.25) is 14.9 Å². The molecule has 20 heavy (non-hydrogen) atoms. The van der Waals surface area contributed by atoms with Crippen LogP contribution in [0.1, 0.15) is 29.8 Å². The Kier molecular flexibility index (Phi) is 4.04. The Bertz CT molecular complexity index is 534. The summed E-state index contributed by atoms with van der Waals surface area (Å²) in [5, 5.41) is 14.5. The quantitative estimate of drug-likeness (QED) is 0.659. The largest absolute Gasteiger partial charge is 0.330 e. The van der Waals surface area contributed by atoms with E-state index in [0.717, 1.165) is 0 Å². The molecule has 108 valence electrons. The number of rotatable bonds is 2. The Hall–Kier alpha value is -1.95. The van der Waals surface area contributed by atoms with Gasteiger partial charge >= 0.3 is 0 Å². The minimum Gasteiger partial charge on any atom is -0.330 e. The van der Waals surface area contributed by atoms with Gasteiger partial charge in [0.15, 0.2) is 0 Å². The minimum atomic E-state index is -0.472. The fourth-order valence-corrected chi connectivity index (χ4v) is 2.75. The number of piperazine rings is 1. The maximum absolute atomic E-state index is 12.7. The molecule has 0 spiro atoms. The number of hydrogen-bond acceptors (Lipinski definition) is 4. The third kappa shape index (κ3) is 2.51. The third-order valence-electron chi connectivity index (χ3n) is 3.71. The first-order valence-electron chi connectivity index (χ1n) is 6.71. The summed E-state index contributed by atoms with van der Waals surface area (Å²) in [5.41, 5.74) is 0.599. The average Bonchev–Trinajstić information content (AvgIpc) is 2.37. The van der Waals surface area contributed by atoms with Gasteiger partial charge in [-0.2, -0.15) is 0 Å². The zero-order chi connectivity index (χ0) is 14.9. The van der Waals surface area contributed by atoms with Crippen LogP contribution in [0.15, 0.2) is 18.2 Å². The van der Waals surface area contributed by atoms with Gasteiger partial charge in [0.2, 0.25) is 0 Å². The molecule has 1 aromatic rings. The van der Waals surface area contributed by atoms with E-state index in [1.165, 1.54) is 6.07 Å². The van der Waals surface area contributed by atoms with Gasteiger partial charge in [0, 0.05) is 30.7 Å². The molecule has 2 atom stereocenters. The van der Waals surface area contributed by atoms with Crippen LogP contribution < -0.4 is 5.32 Å². The lowest BCUT2D eigenvalue weighted by Crippen LogP contribution is -2.57. The molecule has 1 aliphatic rings.